The fourth-order valence-electron chi connectivity index (χ4n) is 3.93. The molecule has 1 atom stereocenters. The van der Waals surface area contributed by atoms with Crippen molar-refractivity contribution in [1.29, 1.82) is 0 Å². The molecule has 0 spiro atoms. The third kappa shape index (κ3) is 4.36. The van der Waals surface area contributed by atoms with Crippen molar-refractivity contribution >= 4 is 11.6 Å². The van der Waals surface area contributed by atoms with Crippen LogP contribution < -0.4 is 0 Å². The highest BCUT2D eigenvalue weighted by Crippen LogP contribution is 2.25. The topological polar surface area (TPSA) is 73.9 Å². The Kier molecular flexibility index (Phi) is 5.75. The lowest BCUT2D eigenvalue weighted by atomic mass is 10.0. The van der Waals surface area contributed by atoms with Crippen molar-refractivity contribution in [3.8, 4) is 11.4 Å². The number of nitrogens with zero attached hydrogens (tertiary/aromatic N) is 7. The number of hydrogen-bond donors (Lipinski definition) is 0. The van der Waals surface area contributed by atoms with Crippen LogP contribution in [0.3, 0.4) is 0 Å². The predicted octanol–water partition coefficient (Wildman–Crippen LogP) is 2.94. The number of hydrogen-bond acceptors (Lipinski definition) is 6. The number of halogens is 1. The first-order valence-corrected chi connectivity index (χ1v) is 10.6. The summed E-state index contributed by atoms with van der Waals surface area (Å²) in [5, 5.41) is 17.8. The third-order valence-corrected chi connectivity index (χ3v) is 5.85. The first kappa shape index (κ1) is 19.9. The van der Waals surface area contributed by atoms with Crippen LogP contribution in [-0.4, -0.2) is 60.7 Å². The van der Waals surface area contributed by atoms with Crippen molar-refractivity contribution in [2.24, 2.45) is 0 Å². The van der Waals surface area contributed by atoms with Crippen LogP contribution in [0.2, 0.25) is 5.02 Å². The molecule has 1 aliphatic rings. The largest absolute Gasteiger partial charge is 0.378 e. The molecule has 1 saturated heterocycles. The van der Waals surface area contributed by atoms with Crippen molar-refractivity contribution in [2.75, 3.05) is 19.8 Å². The smallest absolute Gasteiger partial charge is 0.0901 e. The summed E-state index contributed by atoms with van der Waals surface area (Å²) in [6, 6.07) is 14.3. The highest BCUT2D eigenvalue weighted by atomic mass is 35.5. The lowest BCUT2D eigenvalue weighted by molar-refractivity contribution is -0.0112. The molecular weight excluding hydrogens is 414 g/mol. The molecule has 8 nitrogen and oxygen atoms in total. The molecule has 2 aromatic carbocycles. The Morgan fingerprint density at radius 2 is 1.65 bits per heavy atom. The lowest BCUT2D eigenvalue weighted by Crippen LogP contribution is -2.46. The Labute approximate surface area is 185 Å². The number of benzene rings is 2. The van der Waals surface area contributed by atoms with E-state index in [2.05, 4.69) is 43.5 Å². The van der Waals surface area contributed by atoms with E-state index in [0.29, 0.717) is 13.2 Å². The Bertz CT molecular complexity index is 1130. The van der Waals surface area contributed by atoms with Crippen LogP contribution in [0, 0.1) is 0 Å². The zero-order chi connectivity index (χ0) is 21.0. The fraction of sp³-hybridized carbons (Fsp3) is 0.273. The Balaban J connectivity index is 1.39. The molecule has 9 heteroatoms. The predicted molar refractivity (Wildman–Crippen MR) is 116 cm³/mol. The molecule has 158 valence electrons. The first-order valence-electron chi connectivity index (χ1n) is 10.2. The van der Waals surface area contributed by atoms with Gasteiger partial charge in [-0.25, -0.2) is 0 Å². The van der Waals surface area contributed by atoms with Gasteiger partial charge in [0.05, 0.1) is 49.4 Å². The van der Waals surface area contributed by atoms with Crippen molar-refractivity contribution in [3.05, 3.63) is 83.4 Å². The van der Waals surface area contributed by atoms with Gasteiger partial charge in [-0.05, 0) is 41.8 Å². The number of morpholine rings is 1. The van der Waals surface area contributed by atoms with Gasteiger partial charge in [-0.2, -0.15) is 30.0 Å². The van der Waals surface area contributed by atoms with Crippen LogP contribution in [0.15, 0.2) is 67.3 Å². The zero-order valence-corrected chi connectivity index (χ0v) is 17.6. The summed E-state index contributed by atoms with van der Waals surface area (Å²) >= 11 is 6.55. The second-order valence-corrected chi connectivity index (χ2v) is 7.85. The summed E-state index contributed by atoms with van der Waals surface area (Å²) in [5.41, 5.74) is 4.11. The summed E-state index contributed by atoms with van der Waals surface area (Å²) in [6.45, 7) is 3.00. The van der Waals surface area contributed by atoms with Crippen LogP contribution in [0.25, 0.3) is 11.4 Å². The van der Waals surface area contributed by atoms with Gasteiger partial charge in [0.2, 0.25) is 0 Å². The first-order chi connectivity index (χ1) is 15.3. The minimum absolute atomic E-state index is 0.200. The van der Waals surface area contributed by atoms with Crippen molar-refractivity contribution in [2.45, 2.75) is 19.0 Å². The van der Waals surface area contributed by atoms with E-state index in [1.165, 1.54) is 5.56 Å². The number of aromatic nitrogens is 6. The maximum atomic E-state index is 6.55. The monoisotopic (exact) mass is 435 g/mol. The van der Waals surface area contributed by atoms with Crippen LogP contribution in [-0.2, 0) is 17.7 Å². The van der Waals surface area contributed by atoms with E-state index in [-0.39, 0.29) is 6.04 Å². The Hall–Kier alpha value is -3.07. The van der Waals surface area contributed by atoms with Crippen LogP contribution >= 0.6 is 11.6 Å². The second-order valence-electron chi connectivity index (χ2n) is 7.44. The quantitative estimate of drug-likeness (QED) is 0.463. The van der Waals surface area contributed by atoms with Gasteiger partial charge < -0.3 is 4.74 Å². The van der Waals surface area contributed by atoms with Crippen molar-refractivity contribution in [3.63, 3.8) is 0 Å². The van der Waals surface area contributed by atoms with Crippen molar-refractivity contribution in [1.82, 2.24) is 34.9 Å². The summed E-state index contributed by atoms with van der Waals surface area (Å²) < 4.78 is 5.82. The Morgan fingerprint density at radius 3 is 2.45 bits per heavy atom. The molecular formula is C22H22ClN7O. The maximum Gasteiger partial charge on any atom is 0.0901 e. The van der Waals surface area contributed by atoms with Crippen LogP contribution in [0.5, 0.6) is 0 Å². The van der Waals surface area contributed by atoms with E-state index in [1.54, 1.807) is 34.4 Å². The van der Waals surface area contributed by atoms with Gasteiger partial charge >= 0.3 is 0 Å². The summed E-state index contributed by atoms with van der Waals surface area (Å²) in [5.74, 6) is 0. The van der Waals surface area contributed by atoms with E-state index in [0.717, 1.165) is 41.5 Å². The minimum atomic E-state index is 0.200. The number of ether oxygens (including phenoxy) is 1. The molecule has 0 bridgehead atoms. The molecule has 1 aliphatic heterocycles. The van der Waals surface area contributed by atoms with Gasteiger partial charge in [-0.1, -0.05) is 29.8 Å². The maximum absolute atomic E-state index is 6.55. The number of para-hydroxylation sites is 1. The van der Waals surface area contributed by atoms with E-state index in [9.17, 15) is 0 Å². The average molecular weight is 436 g/mol. The molecule has 0 amide bonds. The molecule has 31 heavy (non-hydrogen) atoms. The van der Waals surface area contributed by atoms with E-state index >= 15 is 0 Å². The molecule has 0 saturated carbocycles. The fourth-order valence-corrected chi connectivity index (χ4v) is 4.12. The molecule has 4 aromatic rings. The zero-order valence-electron chi connectivity index (χ0n) is 16.9. The second kappa shape index (κ2) is 8.97. The summed E-state index contributed by atoms with van der Waals surface area (Å²) in [6.07, 6.45) is 7.49. The van der Waals surface area contributed by atoms with Gasteiger partial charge in [0.1, 0.15) is 0 Å². The van der Waals surface area contributed by atoms with Gasteiger partial charge in [0.25, 0.3) is 0 Å². The molecule has 1 fully saturated rings. The van der Waals surface area contributed by atoms with Gasteiger partial charge in [-0.3, -0.25) is 4.90 Å². The Morgan fingerprint density at radius 1 is 0.903 bits per heavy atom. The minimum Gasteiger partial charge on any atom is -0.378 e. The highest BCUT2D eigenvalue weighted by Gasteiger charge is 2.25. The van der Waals surface area contributed by atoms with Crippen molar-refractivity contribution < 1.29 is 4.74 Å². The van der Waals surface area contributed by atoms with Gasteiger partial charge in [0, 0.05) is 24.2 Å². The van der Waals surface area contributed by atoms with E-state index in [1.807, 2.05) is 24.3 Å². The standard InChI is InChI=1S/C22H22ClN7O/c23-21-6-5-19(29-24-7-8-25-29)13-18(21)14-20-16-31-12-11-28(20)15-17-3-1-2-4-22(17)30-26-9-10-27-30/h1-10,13,20H,11-12,14-16H2/t20-/m1/s1. The molecule has 0 N–H and O–H groups in total. The summed E-state index contributed by atoms with van der Waals surface area (Å²) in [4.78, 5) is 5.71. The number of rotatable bonds is 6. The third-order valence-electron chi connectivity index (χ3n) is 5.48. The molecule has 0 unspecified atom stereocenters. The SMILES string of the molecule is Clc1ccc(-n2nccn2)cc1C[C@@H]1COCCN1Cc1ccccc1-n1nccn1. The lowest BCUT2D eigenvalue weighted by Gasteiger charge is -2.36. The molecule has 0 aliphatic carbocycles. The highest BCUT2D eigenvalue weighted by molar-refractivity contribution is 6.31. The van der Waals surface area contributed by atoms with Gasteiger partial charge in [0.15, 0.2) is 0 Å². The molecule has 2 aromatic heterocycles. The normalized spacial score (nSPS) is 17.1. The molecule has 5 rings (SSSR count). The van der Waals surface area contributed by atoms with Crippen LogP contribution in [0.4, 0.5) is 0 Å². The molecule has 3 heterocycles. The van der Waals surface area contributed by atoms with E-state index < -0.39 is 0 Å². The summed E-state index contributed by atoms with van der Waals surface area (Å²) in [7, 11) is 0. The van der Waals surface area contributed by atoms with E-state index in [4.69, 9.17) is 16.3 Å². The van der Waals surface area contributed by atoms with Crippen LogP contribution in [0.1, 0.15) is 11.1 Å². The average Bonchev–Trinajstić information content (AvgIpc) is 3.52. The van der Waals surface area contributed by atoms with Gasteiger partial charge in [-0.15, -0.1) is 0 Å². The molecule has 0 radical (unpaired) electrons.